The van der Waals surface area contributed by atoms with Gasteiger partial charge in [0.2, 0.25) is 0 Å². The van der Waals surface area contributed by atoms with E-state index in [2.05, 4.69) is 17.4 Å². The number of piperidine rings is 1. The summed E-state index contributed by atoms with van der Waals surface area (Å²) in [5.74, 6) is 2.04. The standard InChI is InChI=1S/C13H16ClN/c14-12-3-1-9(2-4-12)5-13-7-10-6-11(10)8-15-13/h1-4,10-11,13,15H,5-8H2/t10?,11?,13-/m0/s1. The van der Waals surface area contributed by atoms with Gasteiger partial charge < -0.3 is 5.32 Å². The fourth-order valence-corrected chi connectivity index (χ4v) is 2.80. The zero-order chi connectivity index (χ0) is 10.3. The Labute approximate surface area is 95.8 Å². The molecule has 1 saturated carbocycles. The van der Waals surface area contributed by atoms with Crippen molar-refractivity contribution in [1.29, 1.82) is 0 Å². The van der Waals surface area contributed by atoms with E-state index in [0.717, 1.165) is 23.3 Å². The van der Waals surface area contributed by atoms with Crippen LogP contribution in [0.2, 0.25) is 5.02 Å². The first-order valence-electron chi connectivity index (χ1n) is 5.79. The molecule has 80 valence electrons. The largest absolute Gasteiger partial charge is 0.313 e. The second-order valence-electron chi connectivity index (χ2n) is 4.93. The number of nitrogens with one attached hydrogen (secondary N) is 1. The maximum absolute atomic E-state index is 5.87. The van der Waals surface area contributed by atoms with Crippen molar-refractivity contribution in [1.82, 2.24) is 5.32 Å². The molecule has 2 unspecified atom stereocenters. The van der Waals surface area contributed by atoms with Gasteiger partial charge >= 0.3 is 0 Å². The van der Waals surface area contributed by atoms with E-state index in [9.17, 15) is 0 Å². The minimum Gasteiger partial charge on any atom is -0.313 e. The van der Waals surface area contributed by atoms with Crippen molar-refractivity contribution < 1.29 is 0 Å². The normalized spacial score (nSPS) is 33.5. The molecular formula is C13H16ClN. The van der Waals surface area contributed by atoms with Gasteiger partial charge in [-0.1, -0.05) is 23.7 Å². The predicted octanol–water partition coefficient (Wildman–Crippen LogP) is 2.88. The number of halogens is 1. The lowest BCUT2D eigenvalue weighted by Gasteiger charge is -2.23. The molecule has 1 aromatic rings. The van der Waals surface area contributed by atoms with Crippen LogP contribution < -0.4 is 5.32 Å². The first kappa shape index (κ1) is 9.68. The van der Waals surface area contributed by atoms with E-state index >= 15 is 0 Å². The van der Waals surface area contributed by atoms with Crippen molar-refractivity contribution in [2.45, 2.75) is 25.3 Å². The first-order valence-corrected chi connectivity index (χ1v) is 6.17. The monoisotopic (exact) mass is 221 g/mol. The fraction of sp³-hybridized carbons (Fsp3) is 0.538. The van der Waals surface area contributed by atoms with Crippen LogP contribution in [0.4, 0.5) is 0 Å². The Kier molecular flexibility index (Phi) is 2.45. The van der Waals surface area contributed by atoms with Crippen LogP contribution in [0.5, 0.6) is 0 Å². The molecule has 1 aromatic carbocycles. The van der Waals surface area contributed by atoms with Crippen molar-refractivity contribution in [2.24, 2.45) is 11.8 Å². The third-order valence-corrected chi connectivity index (χ3v) is 3.97. The molecule has 1 nitrogen and oxygen atoms in total. The fourth-order valence-electron chi connectivity index (χ4n) is 2.68. The van der Waals surface area contributed by atoms with E-state index in [1.807, 2.05) is 12.1 Å². The molecular weight excluding hydrogens is 206 g/mol. The van der Waals surface area contributed by atoms with Gasteiger partial charge in [0.25, 0.3) is 0 Å². The summed E-state index contributed by atoms with van der Waals surface area (Å²) >= 11 is 5.87. The van der Waals surface area contributed by atoms with Crippen LogP contribution in [-0.4, -0.2) is 12.6 Å². The summed E-state index contributed by atoms with van der Waals surface area (Å²) in [6, 6.07) is 8.94. The number of hydrogen-bond acceptors (Lipinski definition) is 1. The van der Waals surface area contributed by atoms with Crippen LogP contribution in [-0.2, 0) is 6.42 Å². The van der Waals surface area contributed by atoms with Crippen LogP contribution in [0.1, 0.15) is 18.4 Å². The van der Waals surface area contributed by atoms with Crippen molar-refractivity contribution in [3.05, 3.63) is 34.9 Å². The molecule has 2 fully saturated rings. The molecule has 1 aliphatic carbocycles. The Morgan fingerprint density at radius 1 is 1.13 bits per heavy atom. The lowest BCUT2D eigenvalue weighted by atomic mass is 9.98. The van der Waals surface area contributed by atoms with Crippen LogP contribution in [0.3, 0.4) is 0 Å². The molecule has 0 aromatic heterocycles. The molecule has 1 heterocycles. The lowest BCUT2D eigenvalue weighted by Crippen LogP contribution is -2.37. The van der Waals surface area contributed by atoms with Gasteiger partial charge in [-0.15, -0.1) is 0 Å². The highest BCUT2D eigenvalue weighted by Crippen LogP contribution is 2.44. The second kappa shape index (κ2) is 3.80. The van der Waals surface area contributed by atoms with Gasteiger partial charge in [-0.05, 0) is 55.3 Å². The number of benzene rings is 1. The van der Waals surface area contributed by atoms with Crippen LogP contribution in [0.15, 0.2) is 24.3 Å². The second-order valence-corrected chi connectivity index (χ2v) is 5.36. The van der Waals surface area contributed by atoms with Crippen molar-refractivity contribution in [2.75, 3.05) is 6.54 Å². The van der Waals surface area contributed by atoms with Gasteiger partial charge in [0.15, 0.2) is 0 Å². The van der Waals surface area contributed by atoms with Crippen LogP contribution in [0, 0.1) is 11.8 Å². The van der Waals surface area contributed by atoms with E-state index in [1.165, 1.54) is 24.9 Å². The van der Waals surface area contributed by atoms with E-state index in [1.54, 1.807) is 0 Å². The Bertz CT molecular complexity index is 346. The molecule has 0 bridgehead atoms. The summed E-state index contributed by atoms with van der Waals surface area (Å²) in [5, 5.41) is 4.47. The average molecular weight is 222 g/mol. The summed E-state index contributed by atoms with van der Waals surface area (Å²) in [6.45, 7) is 1.24. The van der Waals surface area contributed by atoms with Crippen molar-refractivity contribution in [3.8, 4) is 0 Å². The summed E-state index contributed by atoms with van der Waals surface area (Å²) in [7, 11) is 0. The third-order valence-electron chi connectivity index (χ3n) is 3.72. The predicted molar refractivity (Wildman–Crippen MR) is 63.2 cm³/mol. The maximum atomic E-state index is 5.87. The molecule has 2 aliphatic rings. The van der Waals surface area contributed by atoms with E-state index in [-0.39, 0.29) is 0 Å². The first-order chi connectivity index (χ1) is 7.31. The van der Waals surface area contributed by atoms with Crippen LogP contribution in [0.25, 0.3) is 0 Å². The molecule has 0 amide bonds. The zero-order valence-electron chi connectivity index (χ0n) is 8.75. The molecule has 3 atom stereocenters. The van der Waals surface area contributed by atoms with E-state index in [4.69, 9.17) is 11.6 Å². The number of hydrogen-bond donors (Lipinski definition) is 1. The van der Waals surface area contributed by atoms with Gasteiger partial charge in [-0.2, -0.15) is 0 Å². The van der Waals surface area contributed by atoms with Gasteiger partial charge in [0.1, 0.15) is 0 Å². The minimum absolute atomic E-state index is 0.690. The van der Waals surface area contributed by atoms with Gasteiger partial charge in [-0.25, -0.2) is 0 Å². The highest BCUT2D eigenvalue weighted by atomic mass is 35.5. The Hall–Kier alpha value is -0.530. The highest BCUT2D eigenvalue weighted by molar-refractivity contribution is 6.30. The Balaban J connectivity index is 1.62. The van der Waals surface area contributed by atoms with Crippen molar-refractivity contribution in [3.63, 3.8) is 0 Å². The molecule has 15 heavy (non-hydrogen) atoms. The SMILES string of the molecule is Clc1ccc(C[C@H]2CC3CC3CN2)cc1. The number of rotatable bonds is 2. The molecule has 0 spiro atoms. The Morgan fingerprint density at radius 2 is 1.93 bits per heavy atom. The van der Waals surface area contributed by atoms with E-state index < -0.39 is 0 Å². The van der Waals surface area contributed by atoms with Crippen molar-refractivity contribution >= 4 is 11.6 Å². The van der Waals surface area contributed by atoms with Crippen LogP contribution >= 0.6 is 11.6 Å². The molecule has 3 rings (SSSR count). The minimum atomic E-state index is 0.690. The lowest BCUT2D eigenvalue weighted by molar-refractivity contribution is 0.383. The van der Waals surface area contributed by atoms with Gasteiger partial charge in [-0.3, -0.25) is 0 Å². The molecule has 1 N–H and O–H groups in total. The third kappa shape index (κ3) is 2.19. The topological polar surface area (TPSA) is 12.0 Å². The van der Waals surface area contributed by atoms with E-state index in [0.29, 0.717) is 6.04 Å². The Morgan fingerprint density at radius 3 is 2.67 bits per heavy atom. The summed E-state index contributed by atoms with van der Waals surface area (Å²) in [4.78, 5) is 0. The smallest absolute Gasteiger partial charge is 0.0406 e. The zero-order valence-corrected chi connectivity index (χ0v) is 9.50. The maximum Gasteiger partial charge on any atom is 0.0406 e. The summed E-state index contributed by atoms with van der Waals surface area (Å²) < 4.78 is 0. The molecule has 2 heteroatoms. The molecule has 0 radical (unpaired) electrons. The van der Waals surface area contributed by atoms with Gasteiger partial charge in [0.05, 0.1) is 0 Å². The highest BCUT2D eigenvalue weighted by Gasteiger charge is 2.41. The summed E-state index contributed by atoms with van der Waals surface area (Å²) in [6.07, 6.45) is 3.98. The molecule has 1 aliphatic heterocycles. The molecule has 1 saturated heterocycles. The summed E-state index contributed by atoms with van der Waals surface area (Å²) in [5.41, 5.74) is 1.40. The van der Waals surface area contributed by atoms with Gasteiger partial charge in [0, 0.05) is 11.1 Å². The average Bonchev–Trinajstić information content (AvgIpc) is 3.00. The number of fused-ring (bicyclic) bond motifs is 1. The quantitative estimate of drug-likeness (QED) is 0.810.